The predicted molar refractivity (Wildman–Crippen MR) is 106 cm³/mol. The van der Waals surface area contributed by atoms with E-state index in [1.807, 2.05) is 11.9 Å². The Morgan fingerprint density at radius 2 is 1.64 bits per heavy atom. The molecule has 0 saturated carbocycles. The van der Waals surface area contributed by atoms with Gasteiger partial charge in [0.25, 0.3) is 5.91 Å². The molecule has 1 aliphatic heterocycles. The maximum atomic E-state index is 12.4. The van der Waals surface area contributed by atoms with E-state index in [0.717, 1.165) is 44.8 Å². The van der Waals surface area contributed by atoms with Crippen LogP contribution in [0.5, 0.6) is 0 Å². The fourth-order valence-electron chi connectivity index (χ4n) is 2.54. The molecular weight excluding hydrogens is 363 g/mol. The van der Waals surface area contributed by atoms with E-state index >= 15 is 0 Å². The summed E-state index contributed by atoms with van der Waals surface area (Å²) in [5, 5.41) is 5.87. The predicted octanol–water partition coefficient (Wildman–Crippen LogP) is 1.86. The van der Waals surface area contributed by atoms with Crippen molar-refractivity contribution < 1.29 is 9.59 Å². The summed E-state index contributed by atoms with van der Waals surface area (Å²) in [5.41, 5.74) is 1.40. The van der Waals surface area contributed by atoms with Crippen LogP contribution in [0.4, 0.5) is 5.69 Å². The highest BCUT2D eigenvalue weighted by atomic mass is 35.5. The van der Waals surface area contributed by atoms with E-state index in [9.17, 15) is 9.59 Å². The molecule has 1 aliphatic rings. The van der Waals surface area contributed by atoms with E-state index in [1.165, 1.54) is 0 Å². The van der Waals surface area contributed by atoms with Crippen LogP contribution >= 0.6 is 24.8 Å². The van der Waals surface area contributed by atoms with E-state index in [4.69, 9.17) is 0 Å². The fourth-order valence-corrected chi connectivity index (χ4v) is 2.54. The largest absolute Gasteiger partial charge is 0.336 e. The molecule has 142 valence electrons. The zero-order chi connectivity index (χ0) is 16.7. The van der Waals surface area contributed by atoms with E-state index in [1.54, 1.807) is 24.3 Å². The van der Waals surface area contributed by atoms with Gasteiger partial charge in [-0.05, 0) is 51.3 Å². The lowest BCUT2D eigenvalue weighted by molar-refractivity contribution is -0.116. The molecule has 0 spiro atoms. The van der Waals surface area contributed by atoms with Gasteiger partial charge in [0.15, 0.2) is 0 Å². The average molecular weight is 391 g/mol. The minimum Gasteiger partial charge on any atom is -0.336 e. The molecule has 2 amide bonds. The summed E-state index contributed by atoms with van der Waals surface area (Å²) >= 11 is 0. The molecule has 0 atom stereocenters. The van der Waals surface area contributed by atoms with Crippen LogP contribution < -0.4 is 10.6 Å². The fraction of sp³-hybridized carbons (Fsp3) is 0.529. The number of halogens is 2. The Balaban J connectivity index is 0.00000288. The van der Waals surface area contributed by atoms with Crippen LogP contribution in [0, 0.1) is 0 Å². The topological polar surface area (TPSA) is 64.7 Å². The van der Waals surface area contributed by atoms with Gasteiger partial charge in [0.05, 0.1) is 0 Å². The van der Waals surface area contributed by atoms with Crippen molar-refractivity contribution in [3.8, 4) is 0 Å². The Labute approximate surface area is 162 Å². The molecule has 1 aromatic rings. The number of nitrogens with zero attached hydrogens (tertiary/aromatic N) is 2. The second-order valence-corrected chi connectivity index (χ2v) is 5.93. The third-order valence-corrected chi connectivity index (χ3v) is 4.04. The summed E-state index contributed by atoms with van der Waals surface area (Å²) in [6.45, 7) is 4.17. The van der Waals surface area contributed by atoms with Crippen molar-refractivity contribution in [3.63, 3.8) is 0 Å². The van der Waals surface area contributed by atoms with Gasteiger partial charge in [-0.15, -0.1) is 24.8 Å². The zero-order valence-corrected chi connectivity index (χ0v) is 16.4. The SMILES string of the molecule is CNCCCC(=O)Nc1ccc(C(=O)N2CCN(C)CC2)cc1.Cl.Cl. The number of amides is 2. The Kier molecular flexibility index (Phi) is 11.4. The molecule has 0 aromatic heterocycles. The quantitative estimate of drug-likeness (QED) is 0.727. The van der Waals surface area contributed by atoms with Crippen molar-refractivity contribution in [1.82, 2.24) is 15.1 Å². The molecule has 2 rings (SSSR count). The van der Waals surface area contributed by atoms with Crippen LogP contribution in [0.25, 0.3) is 0 Å². The van der Waals surface area contributed by atoms with Crippen LogP contribution in [0.1, 0.15) is 23.2 Å². The Bertz CT molecular complexity index is 532. The van der Waals surface area contributed by atoms with Crippen LogP contribution in [0.2, 0.25) is 0 Å². The standard InChI is InChI=1S/C17H26N4O2.2ClH/c1-18-9-3-4-16(22)19-15-7-5-14(6-8-15)17(23)21-12-10-20(2)11-13-21;;/h5-8,18H,3-4,9-13H2,1-2H3,(H,19,22);2*1H. The summed E-state index contributed by atoms with van der Waals surface area (Å²) < 4.78 is 0. The van der Waals surface area contributed by atoms with Gasteiger partial charge in [-0.1, -0.05) is 0 Å². The first kappa shape index (κ1) is 23.7. The Morgan fingerprint density at radius 1 is 1.04 bits per heavy atom. The molecule has 0 aliphatic carbocycles. The minimum atomic E-state index is -0.00149. The molecule has 25 heavy (non-hydrogen) atoms. The molecule has 1 fully saturated rings. The molecule has 1 aromatic carbocycles. The smallest absolute Gasteiger partial charge is 0.253 e. The Morgan fingerprint density at radius 3 is 2.20 bits per heavy atom. The van der Waals surface area contributed by atoms with E-state index in [2.05, 4.69) is 22.6 Å². The van der Waals surface area contributed by atoms with Gasteiger partial charge in [0, 0.05) is 43.9 Å². The number of nitrogens with one attached hydrogen (secondary N) is 2. The van der Waals surface area contributed by atoms with Gasteiger partial charge >= 0.3 is 0 Å². The Hall–Kier alpha value is -1.34. The molecule has 2 N–H and O–H groups in total. The molecule has 0 radical (unpaired) electrons. The number of hydrogen-bond acceptors (Lipinski definition) is 4. The highest BCUT2D eigenvalue weighted by Crippen LogP contribution is 2.13. The molecule has 6 nitrogen and oxygen atoms in total. The van der Waals surface area contributed by atoms with Crippen molar-refractivity contribution in [1.29, 1.82) is 0 Å². The maximum absolute atomic E-state index is 12.4. The lowest BCUT2D eigenvalue weighted by Gasteiger charge is -2.32. The number of hydrogen-bond donors (Lipinski definition) is 2. The summed E-state index contributed by atoms with van der Waals surface area (Å²) in [7, 11) is 3.93. The zero-order valence-electron chi connectivity index (χ0n) is 14.8. The van der Waals surface area contributed by atoms with Crippen LogP contribution in [0.15, 0.2) is 24.3 Å². The van der Waals surface area contributed by atoms with E-state index < -0.39 is 0 Å². The third kappa shape index (κ3) is 7.61. The molecule has 0 bridgehead atoms. The number of benzene rings is 1. The number of carbonyl (C=O) groups excluding carboxylic acids is 2. The van der Waals surface area contributed by atoms with Crippen molar-refractivity contribution in [3.05, 3.63) is 29.8 Å². The monoisotopic (exact) mass is 390 g/mol. The highest BCUT2D eigenvalue weighted by molar-refractivity contribution is 5.95. The number of piperazine rings is 1. The summed E-state index contributed by atoms with van der Waals surface area (Å²) in [6.07, 6.45) is 1.30. The first-order valence-electron chi connectivity index (χ1n) is 8.12. The second kappa shape index (κ2) is 12.1. The average Bonchev–Trinajstić information content (AvgIpc) is 2.56. The normalized spacial score (nSPS) is 14.2. The molecule has 8 heteroatoms. The molecule has 1 saturated heterocycles. The minimum absolute atomic E-state index is 0. The van der Waals surface area contributed by atoms with Crippen LogP contribution in [-0.4, -0.2) is 68.4 Å². The lowest BCUT2D eigenvalue weighted by Crippen LogP contribution is -2.47. The highest BCUT2D eigenvalue weighted by Gasteiger charge is 2.20. The summed E-state index contributed by atoms with van der Waals surface area (Å²) in [6, 6.07) is 7.15. The second-order valence-electron chi connectivity index (χ2n) is 5.93. The first-order valence-corrected chi connectivity index (χ1v) is 8.12. The lowest BCUT2D eigenvalue weighted by atomic mass is 10.1. The molecule has 1 heterocycles. The van der Waals surface area contributed by atoms with Gasteiger partial charge in [0.1, 0.15) is 0 Å². The third-order valence-electron chi connectivity index (χ3n) is 4.04. The van der Waals surface area contributed by atoms with Crippen LogP contribution in [0.3, 0.4) is 0 Å². The van der Waals surface area contributed by atoms with Gasteiger partial charge in [-0.2, -0.15) is 0 Å². The van der Waals surface area contributed by atoms with E-state index in [-0.39, 0.29) is 36.6 Å². The molecule has 0 unspecified atom stereocenters. The van der Waals surface area contributed by atoms with Crippen molar-refractivity contribution in [2.24, 2.45) is 0 Å². The van der Waals surface area contributed by atoms with Gasteiger partial charge in [-0.25, -0.2) is 0 Å². The van der Waals surface area contributed by atoms with Crippen molar-refractivity contribution >= 4 is 42.3 Å². The van der Waals surface area contributed by atoms with Gasteiger partial charge in [0.2, 0.25) is 5.91 Å². The number of rotatable bonds is 6. The summed E-state index contributed by atoms with van der Waals surface area (Å²) in [4.78, 5) is 28.3. The number of carbonyl (C=O) groups is 2. The first-order chi connectivity index (χ1) is 11.1. The number of anilines is 1. The maximum Gasteiger partial charge on any atom is 0.253 e. The van der Waals surface area contributed by atoms with Gasteiger partial charge in [-0.3, -0.25) is 9.59 Å². The molecular formula is C17H28Cl2N4O2. The van der Waals surface area contributed by atoms with Crippen LogP contribution in [-0.2, 0) is 4.79 Å². The van der Waals surface area contributed by atoms with Crippen molar-refractivity contribution in [2.75, 3.05) is 52.1 Å². The van der Waals surface area contributed by atoms with Gasteiger partial charge < -0.3 is 20.4 Å². The summed E-state index contributed by atoms with van der Waals surface area (Å²) in [5.74, 6) is 0.0587. The van der Waals surface area contributed by atoms with E-state index in [0.29, 0.717) is 12.0 Å². The van der Waals surface area contributed by atoms with Crippen molar-refractivity contribution in [2.45, 2.75) is 12.8 Å². The number of likely N-dealkylation sites (N-methyl/N-ethyl adjacent to an activating group) is 1.